The molecule has 1 atom stereocenters. The van der Waals surface area contributed by atoms with Crippen LogP contribution in [0.2, 0.25) is 5.02 Å². The lowest BCUT2D eigenvalue weighted by Gasteiger charge is -2.17. The Kier molecular flexibility index (Phi) is 5.94. The van der Waals surface area contributed by atoms with Crippen LogP contribution >= 0.6 is 39.7 Å². The topological polar surface area (TPSA) is 41.1 Å². The Balaban J connectivity index is 2.00. The summed E-state index contributed by atoms with van der Waals surface area (Å²) in [6.07, 6.45) is 0. The predicted molar refractivity (Wildman–Crippen MR) is 97.2 cm³/mol. The standard InChI is InChI=1S/C16H14BrClN2OS/c1-10(11-5-3-2-4-6-11)19-16(22)20-15(21)13-9-12(17)7-8-14(13)18/h2-10H,1H3,(H2,19,20,21,22)/t10-/m0/s1. The van der Waals surface area contributed by atoms with Crippen molar-refractivity contribution >= 4 is 50.8 Å². The second kappa shape index (κ2) is 7.72. The molecule has 1 amide bonds. The van der Waals surface area contributed by atoms with Gasteiger partial charge in [0.15, 0.2) is 5.11 Å². The normalized spacial score (nSPS) is 11.6. The van der Waals surface area contributed by atoms with Crippen LogP contribution in [0.25, 0.3) is 0 Å². The molecule has 2 rings (SSSR count). The molecule has 0 aromatic heterocycles. The van der Waals surface area contributed by atoms with Gasteiger partial charge in [-0.05, 0) is 42.9 Å². The molecule has 0 saturated carbocycles. The van der Waals surface area contributed by atoms with Gasteiger partial charge < -0.3 is 5.32 Å². The van der Waals surface area contributed by atoms with Gasteiger partial charge in [-0.25, -0.2) is 0 Å². The summed E-state index contributed by atoms with van der Waals surface area (Å²) in [6, 6.07) is 14.9. The van der Waals surface area contributed by atoms with Crippen molar-refractivity contribution in [3.8, 4) is 0 Å². The lowest BCUT2D eigenvalue weighted by molar-refractivity contribution is 0.0976. The lowest BCUT2D eigenvalue weighted by atomic mass is 10.1. The van der Waals surface area contributed by atoms with E-state index in [1.807, 2.05) is 37.3 Å². The third-order valence-corrected chi connectivity index (χ3v) is 4.09. The first-order valence-electron chi connectivity index (χ1n) is 6.59. The first-order chi connectivity index (χ1) is 10.5. The van der Waals surface area contributed by atoms with Crippen LogP contribution in [0.4, 0.5) is 0 Å². The van der Waals surface area contributed by atoms with Crippen LogP contribution in [0.5, 0.6) is 0 Å². The molecule has 22 heavy (non-hydrogen) atoms. The molecule has 0 unspecified atom stereocenters. The van der Waals surface area contributed by atoms with E-state index in [9.17, 15) is 4.79 Å². The number of carbonyl (C=O) groups excluding carboxylic acids is 1. The Morgan fingerprint density at radius 2 is 1.91 bits per heavy atom. The van der Waals surface area contributed by atoms with E-state index in [1.54, 1.807) is 18.2 Å². The number of benzene rings is 2. The van der Waals surface area contributed by atoms with Crippen molar-refractivity contribution in [3.63, 3.8) is 0 Å². The van der Waals surface area contributed by atoms with Gasteiger partial charge in [0.25, 0.3) is 5.91 Å². The molecule has 0 aliphatic carbocycles. The van der Waals surface area contributed by atoms with Crippen molar-refractivity contribution < 1.29 is 4.79 Å². The van der Waals surface area contributed by atoms with Crippen molar-refractivity contribution in [2.45, 2.75) is 13.0 Å². The highest BCUT2D eigenvalue weighted by Crippen LogP contribution is 2.20. The molecule has 2 aromatic carbocycles. The molecule has 0 heterocycles. The number of carbonyl (C=O) groups is 1. The van der Waals surface area contributed by atoms with Gasteiger partial charge in [0.2, 0.25) is 0 Å². The Labute approximate surface area is 148 Å². The number of nitrogens with one attached hydrogen (secondary N) is 2. The summed E-state index contributed by atoms with van der Waals surface area (Å²) in [5.74, 6) is -0.343. The summed E-state index contributed by atoms with van der Waals surface area (Å²) >= 11 is 14.5. The highest BCUT2D eigenvalue weighted by Gasteiger charge is 2.14. The van der Waals surface area contributed by atoms with E-state index in [0.717, 1.165) is 10.0 Å². The van der Waals surface area contributed by atoms with Gasteiger partial charge in [-0.3, -0.25) is 10.1 Å². The molecular formula is C16H14BrClN2OS. The number of thiocarbonyl (C=S) groups is 1. The van der Waals surface area contributed by atoms with Crippen LogP contribution in [0.15, 0.2) is 53.0 Å². The van der Waals surface area contributed by atoms with E-state index in [-0.39, 0.29) is 17.1 Å². The summed E-state index contributed by atoms with van der Waals surface area (Å²) in [5.41, 5.74) is 1.45. The maximum atomic E-state index is 12.2. The van der Waals surface area contributed by atoms with Gasteiger partial charge >= 0.3 is 0 Å². The minimum atomic E-state index is -0.343. The van der Waals surface area contributed by atoms with E-state index in [0.29, 0.717) is 10.6 Å². The molecule has 0 radical (unpaired) electrons. The largest absolute Gasteiger partial charge is 0.356 e. The quantitative estimate of drug-likeness (QED) is 0.751. The zero-order valence-corrected chi connectivity index (χ0v) is 14.9. The van der Waals surface area contributed by atoms with Crippen molar-refractivity contribution in [3.05, 3.63) is 69.2 Å². The molecule has 0 aliphatic rings. The molecular weight excluding hydrogens is 384 g/mol. The third-order valence-electron chi connectivity index (χ3n) is 3.05. The minimum Gasteiger partial charge on any atom is -0.356 e. The summed E-state index contributed by atoms with van der Waals surface area (Å²) in [4.78, 5) is 12.2. The number of hydrogen-bond acceptors (Lipinski definition) is 2. The van der Waals surface area contributed by atoms with Crippen LogP contribution in [0.1, 0.15) is 28.9 Å². The van der Waals surface area contributed by atoms with Gasteiger partial charge in [0.1, 0.15) is 0 Å². The van der Waals surface area contributed by atoms with Gasteiger partial charge in [0.05, 0.1) is 16.6 Å². The number of amides is 1. The lowest BCUT2D eigenvalue weighted by Crippen LogP contribution is -2.40. The molecule has 114 valence electrons. The fourth-order valence-electron chi connectivity index (χ4n) is 1.90. The van der Waals surface area contributed by atoms with Gasteiger partial charge in [-0.15, -0.1) is 0 Å². The minimum absolute atomic E-state index is 0.00742. The Hall–Kier alpha value is -1.43. The van der Waals surface area contributed by atoms with Crippen molar-refractivity contribution in [1.82, 2.24) is 10.6 Å². The highest BCUT2D eigenvalue weighted by atomic mass is 79.9. The second-order valence-corrected chi connectivity index (χ2v) is 6.42. The molecule has 0 spiro atoms. The van der Waals surface area contributed by atoms with Gasteiger partial charge in [-0.2, -0.15) is 0 Å². The molecule has 0 bridgehead atoms. The average molecular weight is 398 g/mol. The molecule has 3 nitrogen and oxygen atoms in total. The monoisotopic (exact) mass is 396 g/mol. The van der Waals surface area contributed by atoms with Crippen molar-refractivity contribution in [1.29, 1.82) is 0 Å². The first kappa shape index (κ1) is 16.9. The predicted octanol–water partition coefficient (Wildman–Crippen LogP) is 4.47. The molecule has 0 fully saturated rings. The van der Waals surface area contributed by atoms with Crippen molar-refractivity contribution in [2.75, 3.05) is 0 Å². The van der Waals surface area contributed by atoms with Crippen molar-refractivity contribution in [2.24, 2.45) is 0 Å². The average Bonchev–Trinajstić information content (AvgIpc) is 2.50. The number of halogens is 2. The van der Waals surface area contributed by atoms with Gasteiger partial charge in [0, 0.05) is 4.47 Å². The van der Waals surface area contributed by atoms with Crippen LogP contribution in [0, 0.1) is 0 Å². The van der Waals surface area contributed by atoms with E-state index in [2.05, 4.69) is 26.6 Å². The molecule has 6 heteroatoms. The third kappa shape index (κ3) is 4.53. The SMILES string of the molecule is C[C@H](NC(=S)NC(=O)c1cc(Br)ccc1Cl)c1ccccc1. The van der Waals surface area contributed by atoms with E-state index in [4.69, 9.17) is 23.8 Å². The van der Waals surface area contributed by atoms with E-state index < -0.39 is 0 Å². The van der Waals surface area contributed by atoms with Gasteiger partial charge in [-0.1, -0.05) is 57.9 Å². The highest BCUT2D eigenvalue weighted by molar-refractivity contribution is 9.10. The number of hydrogen-bond donors (Lipinski definition) is 2. The molecule has 2 aromatic rings. The van der Waals surface area contributed by atoms with E-state index in [1.165, 1.54) is 0 Å². The zero-order valence-electron chi connectivity index (χ0n) is 11.8. The second-order valence-electron chi connectivity index (χ2n) is 4.68. The fourth-order valence-corrected chi connectivity index (χ4v) is 2.73. The summed E-state index contributed by atoms with van der Waals surface area (Å²) in [7, 11) is 0. The number of rotatable bonds is 3. The van der Waals surface area contributed by atoms with E-state index >= 15 is 0 Å². The molecule has 0 aliphatic heterocycles. The Morgan fingerprint density at radius 1 is 1.23 bits per heavy atom. The summed E-state index contributed by atoms with van der Waals surface area (Å²) < 4.78 is 0.776. The Morgan fingerprint density at radius 3 is 2.59 bits per heavy atom. The zero-order chi connectivity index (χ0) is 16.1. The van der Waals surface area contributed by atoms with Crippen LogP contribution < -0.4 is 10.6 Å². The van der Waals surface area contributed by atoms with Crippen LogP contribution in [0.3, 0.4) is 0 Å². The molecule has 2 N–H and O–H groups in total. The Bertz CT molecular complexity index is 694. The smallest absolute Gasteiger partial charge is 0.258 e. The summed E-state index contributed by atoms with van der Waals surface area (Å²) in [6.45, 7) is 1.97. The maximum absolute atomic E-state index is 12.2. The maximum Gasteiger partial charge on any atom is 0.258 e. The molecule has 0 saturated heterocycles. The summed E-state index contributed by atoms with van der Waals surface area (Å²) in [5, 5.41) is 6.35. The fraction of sp³-hybridized carbons (Fsp3) is 0.125. The van der Waals surface area contributed by atoms with Crippen LogP contribution in [-0.4, -0.2) is 11.0 Å². The van der Waals surface area contributed by atoms with Crippen LogP contribution in [-0.2, 0) is 0 Å². The first-order valence-corrected chi connectivity index (χ1v) is 8.17.